The van der Waals surface area contributed by atoms with Crippen molar-refractivity contribution in [3.05, 3.63) is 11.6 Å². The number of fused-ring (bicyclic) bond motifs is 7. The highest BCUT2D eigenvalue weighted by Crippen LogP contribution is 2.75. The Morgan fingerprint density at radius 2 is 1.25 bits per heavy atom. The van der Waals surface area contributed by atoms with E-state index in [2.05, 4.69) is 27.7 Å². The van der Waals surface area contributed by atoms with Crippen molar-refractivity contribution in [1.82, 2.24) is 12.3 Å². The number of carbonyl (C=O) groups excluding carboxylic acids is 1. The van der Waals surface area contributed by atoms with Gasteiger partial charge in [-0.25, -0.2) is 9.59 Å². The van der Waals surface area contributed by atoms with E-state index in [1.165, 1.54) is 0 Å². The predicted octanol–water partition coefficient (Wildman–Crippen LogP) is 1.74. The number of hydrogen-bond donors (Lipinski definition) is 10. The van der Waals surface area contributed by atoms with Gasteiger partial charge in [-0.2, -0.15) is 0 Å². The van der Waals surface area contributed by atoms with Gasteiger partial charge in [-0.1, -0.05) is 47.1 Å². The second-order valence-corrected chi connectivity index (χ2v) is 20.6. The summed E-state index contributed by atoms with van der Waals surface area (Å²) < 4.78 is 23.4. The summed E-state index contributed by atoms with van der Waals surface area (Å²) >= 11 is 0. The van der Waals surface area contributed by atoms with Crippen molar-refractivity contribution < 1.29 is 84.5 Å². The third-order valence-corrected chi connectivity index (χ3v) is 17.2. The minimum absolute atomic E-state index is 0. The van der Waals surface area contributed by atoms with E-state index < -0.39 is 107 Å². The number of carbonyl (C=O) groups is 4. The molecule has 350 valence electrons. The lowest BCUT2D eigenvalue weighted by molar-refractivity contribution is -0.371. The Balaban J connectivity index is 0.00000273. The van der Waals surface area contributed by atoms with E-state index in [1.807, 2.05) is 26.8 Å². The van der Waals surface area contributed by atoms with E-state index in [0.29, 0.717) is 25.7 Å². The number of ketones is 1. The van der Waals surface area contributed by atoms with Gasteiger partial charge in [-0.15, -0.1) is 0 Å². The van der Waals surface area contributed by atoms with Gasteiger partial charge < -0.3 is 77.6 Å². The Hall–Kier alpha value is -2.66. The minimum atomic E-state index is -2.05. The molecule has 4 saturated carbocycles. The van der Waals surface area contributed by atoms with Gasteiger partial charge in [0.2, 0.25) is 0 Å². The summed E-state index contributed by atoms with van der Waals surface area (Å²) in [7, 11) is 0. The number of carboxylic acids is 3. The molecule has 0 unspecified atom stereocenters. The molecule has 0 aromatic carbocycles. The maximum absolute atomic E-state index is 14.8. The van der Waals surface area contributed by atoms with Gasteiger partial charge in [0.25, 0.3) is 0 Å². The zero-order valence-corrected chi connectivity index (χ0v) is 36.3. The largest absolute Gasteiger partial charge is 0.481 e. The lowest BCUT2D eigenvalue weighted by Crippen LogP contribution is -2.68. The van der Waals surface area contributed by atoms with E-state index in [1.54, 1.807) is 0 Å². The van der Waals surface area contributed by atoms with Gasteiger partial charge in [0.15, 0.2) is 30.6 Å². The minimum Gasteiger partial charge on any atom is -0.481 e. The molecule has 5 aliphatic carbocycles. The molecule has 19 atom stereocenters. The van der Waals surface area contributed by atoms with E-state index >= 15 is 0 Å². The normalized spacial score (nSPS) is 50.0. The number of carboxylic acid groups (broad SMARTS) is 3. The fourth-order valence-electron chi connectivity index (χ4n) is 13.4. The summed E-state index contributed by atoms with van der Waals surface area (Å²) in [6, 6.07) is 0. The van der Waals surface area contributed by atoms with Gasteiger partial charge in [-0.05, 0) is 110 Å². The fraction of sp³-hybridized carbons (Fsp3) is 0.857. The molecular weight excluding hydrogens is 804 g/mol. The molecule has 6 fully saturated rings. The van der Waals surface area contributed by atoms with Gasteiger partial charge in [0.05, 0.1) is 11.5 Å². The quantitative estimate of drug-likeness (QED) is 0.163. The topological polar surface area (TPSA) is 369 Å². The first-order valence-corrected chi connectivity index (χ1v) is 20.7. The summed E-state index contributed by atoms with van der Waals surface area (Å²) in [5.74, 6) is -4.47. The average Bonchev–Trinajstić information content (AvgIpc) is 3.13. The van der Waals surface area contributed by atoms with E-state index in [9.17, 15) is 60.0 Å². The van der Waals surface area contributed by atoms with Crippen molar-refractivity contribution in [2.24, 2.45) is 50.2 Å². The average molecular weight is 875 g/mol. The van der Waals surface area contributed by atoms with Crippen LogP contribution >= 0.6 is 0 Å². The zero-order chi connectivity index (χ0) is 42.9. The first-order chi connectivity index (χ1) is 26.8. The predicted molar refractivity (Wildman–Crippen MR) is 213 cm³/mol. The first kappa shape index (κ1) is 51.0. The van der Waals surface area contributed by atoms with Crippen LogP contribution in [0.25, 0.3) is 0 Å². The van der Waals surface area contributed by atoms with Crippen molar-refractivity contribution in [3.8, 4) is 0 Å². The zero-order valence-electron chi connectivity index (χ0n) is 36.3. The molecule has 7 aliphatic rings. The van der Waals surface area contributed by atoms with Crippen LogP contribution in [0.4, 0.5) is 0 Å². The van der Waals surface area contributed by atoms with E-state index in [-0.39, 0.29) is 52.1 Å². The number of hydrogen-bond acceptors (Lipinski definition) is 15. The molecular formula is C42H70N2O17. The smallest absolute Gasteiger partial charge is 0.335 e. The molecule has 2 aliphatic heterocycles. The van der Waals surface area contributed by atoms with Crippen LogP contribution in [0.3, 0.4) is 0 Å². The van der Waals surface area contributed by atoms with Crippen LogP contribution in [0.15, 0.2) is 11.6 Å². The Kier molecular flexibility index (Phi) is 14.0. The fourth-order valence-corrected chi connectivity index (χ4v) is 13.4. The highest BCUT2D eigenvalue weighted by molar-refractivity contribution is 5.95. The molecule has 7 rings (SSSR count). The SMILES string of the molecule is CC1(C)[C@@H](O[C@H]2O[C@H](C(=O)O)[C@@H](O)[C@H](O)[C@H]2O[C@H]2O[C@H](C(=O)O)[C@@H](O)[C@H](O)[C@H]2O)CC[C@]2(C)[C@H]3C(=O)C=C4[C@@H]5C[C@@](C)(C(=O)O)CC[C@]5(C)CC[C@@]4(C)[C@]3(C)CC[C@@H]12.N.N.O. The molecule has 2 saturated heterocycles. The van der Waals surface area contributed by atoms with Crippen LogP contribution in [0.1, 0.15) is 106 Å². The second-order valence-electron chi connectivity index (χ2n) is 20.6. The van der Waals surface area contributed by atoms with Gasteiger partial charge in [-0.3, -0.25) is 9.59 Å². The van der Waals surface area contributed by atoms with Gasteiger partial charge >= 0.3 is 17.9 Å². The maximum Gasteiger partial charge on any atom is 0.335 e. The molecule has 0 spiro atoms. The second kappa shape index (κ2) is 16.7. The number of aliphatic hydroxyl groups excluding tert-OH is 5. The van der Waals surface area contributed by atoms with Crippen LogP contribution in [0, 0.1) is 50.2 Å². The van der Waals surface area contributed by atoms with Crippen LogP contribution in [0.2, 0.25) is 0 Å². The number of aliphatic hydroxyl groups is 5. The number of allylic oxidation sites excluding steroid dienone is 2. The molecule has 61 heavy (non-hydrogen) atoms. The van der Waals surface area contributed by atoms with Crippen molar-refractivity contribution in [2.45, 2.75) is 174 Å². The van der Waals surface area contributed by atoms with Gasteiger partial charge in [0, 0.05) is 5.92 Å². The summed E-state index contributed by atoms with van der Waals surface area (Å²) in [4.78, 5) is 51.3. The lowest BCUT2D eigenvalue weighted by Gasteiger charge is -2.70. The summed E-state index contributed by atoms with van der Waals surface area (Å²) in [5.41, 5.74) is -1.81. The third kappa shape index (κ3) is 7.47. The van der Waals surface area contributed by atoms with Crippen LogP contribution in [-0.2, 0) is 38.1 Å². The number of rotatable bonds is 7. The monoisotopic (exact) mass is 874 g/mol. The number of aliphatic carboxylic acids is 3. The van der Waals surface area contributed by atoms with Crippen molar-refractivity contribution in [3.63, 3.8) is 0 Å². The highest BCUT2D eigenvalue weighted by Gasteiger charge is 2.71. The first-order valence-electron chi connectivity index (χ1n) is 20.7. The Labute approximate surface area is 355 Å². The highest BCUT2D eigenvalue weighted by atomic mass is 16.8. The van der Waals surface area contributed by atoms with Crippen LogP contribution in [-0.4, -0.2) is 138 Å². The molecule has 0 aromatic heterocycles. The molecule has 0 bridgehead atoms. The molecule has 19 nitrogen and oxygen atoms in total. The summed E-state index contributed by atoms with van der Waals surface area (Å²) in [6.45, 7) is 14.8. The Morgan fingerprint density at radius 1 is 0.689 bits per heavy atom. The van der Waals surface area contributed by atoms with Crippen molar-refractivity contribution >= 4 is 23.7 Å². The summed E-state index contributed by atoms with van der Waals surface area (Å²) in [5, 5.41) is 83.0. The summed E-state index contributed by atoms with van der Waals surface area (Å²) in [6.07, 6.45) is -12.2. The van der Waals surface area contributed by atoms with Crippen LogP contribution < -0.4 is 12.3 Å². The molecule has 19 heteroatoms. The van der Waals surface area contributed by atoms with E-state index in [4.69, 9.17) is 18.9 Å². The Morgan fingerprint density at radius 3 is 1.82 bits per heavy atom. The molecule has 16 N–H and O–H groups in total. The third-order valence-electron chi connectivity index (χ3n) is 17.2. The van der Waals surface area contributed by atoms with Crippen molar-refractivity contribution in [2.75, 3.05) is 0 Å². The lowest BCUT2D eigenvalue weighted by atomic mass is 9.33. The molecule has 0 aromatic rings. The molecule has 0 radical (unpaired) electrons. The Bertz CT molecular complexity index is 1750. The maximum atomic E-state index is 14.8. The van der Waals surface area contributed by atoms with Crippen molar-refractivity contribution in [1.29, 1.82) is 0 Å². The standard InChI is InChI=1S/C42H62O16.2H3N.H2O/c1-37(2)21-8-11-42(7)31(20(43)16-18-19-17-39(4,36(53)54)13-12-38(19,3)14-15-41(18,42)6)40(21,5)10-9-22(37)55-35-30(26(47)25(46)29(57-35)33(51)52)58-34-27(48)23(44)24(45)28(56-34)32(49)50;;;/h16,19,21-31,34-35,44-48H,8-15,17H2,1-7H3,(H,49,50)(H,51,52)(H,53,54);2*1H3;1H2/t19-,21-,22-,23-,24-,25-,26-,27+,28-,29-,30+,31+,34+,35-,38+,39-,40-,41+,42+;;;/m0.../s1. The molecule has 0 amide bonds. The van der Waals surface area contributed by atoms with Gasteiger partial charge in [0.1, 0.15) is 36.6 Å². The van der Waals surface area contributed by atoms with Crippen LogP contribution in [0.5, 0.6) is 0 Å². The molecule has 2 heterocycles. The van der Waals surface area contributed by atoms with E-state index in [0.717, 1.165) is 37.7 Å². The number of ether oxygens (including phenoxy) is 4.